The van der Waals surface area contributed by atoms with E-state index in [0.717, 1.165) is 16.9 Å². The summed E-state index contributed by atoms with van der Waals surface area (Å²) in [5.41, 5.74) is 3.20. The average molecular weight is 281 g/mol. The molecule has 1 nitrogen and oxygen atoms in total. The van der Waals surface area contributed by atoms with Crippen molar-refractivity contribution in [3.63, 3.8) is 0 Å². The standard InChI is InChI=1S/C15H14Cl2O/c1-11-4-2-5-12(8-11)10-18-15-7-3-6-14(17)13(15)9-16/h2-8H,9-10H2,1H3. The summed E-state index contributed by atoms with van der Waals surface area (Å²) in [6.07, 6.45) is 0. The Labute approximate surface area is 117 Å². The first-order valence-corrected chi connectivity index (χ1v) is 6.63. The molecule has 0 aliphatic rings. The summed E-state index contributed by atoms with van der Waals surface area (Å²) in [4.78, 5) is 0. The highest BCUT2D eigenvalue weighted by molar-refractivity contribution is 6.32. The molecule has 0 aromatic heterocycles. The fourth-order valence-electron chi connectivity index (χ4n) is 1.77. The zero-order valence-electron chi connectivity index (χ0n) is 10.1. The van der Waals surface area contributed by atoms with Crippen molar-refractivity contribution in [1.29, 1.82) is 0 Å². The van der Waals surface area contributed by atoms with Crippen LogP contribution < -0.4 is 4.74 Å². The summed E-state index contributed by atoms with van der Waals surface area (Å²) in [5.74, 6) is 1.10. The molecule has 0 radical (unpaired) electrons. The SMILES string of the molecule is Cc1cccc(COc2cccc(Cl)c2CCl)c1. The van der Waals surface area contributed by atoms with Gasteiger partial charge in [0.05, 0.1) is 5.88 Å². The van der Waals surface area contributed by atoms with E-state index in [1.807, 2.05) is 30.3 Å². The summed E-state index contributed by atoms with van der Waals surface area (Å²) < 4.78 is 5.78. The van der Waals surface area contributed by atoms with Gasteiger partial charge in [-0.1, -0.05) is 47.5 Å². The summed E-state index contributed by atoms with van der Waals surface area (Å²) in [7, 11) is 0. The van der Waals surface area contributed by atoms with Gasteiger partial charge in [-0.2, -0.15) is 0 Å². The second kappa shape index (κ2) is 6.12. The average Bonchev–Trinajstić information content (AvgIpc) is 2.36. The van der Waals surface area contributed by atoms with Gasteiger partial charge >= 0.3 is 0 Å². The summed E-state index contributed by atoms with van der Waals surface area (Å²) in [6, 6.07) is 13.8. The maximum absolute atomic E-state index is 6.07. The molecule has 0 aliphatic carbocycles. The molecule has 0 saturated carbocycles. The molecular formula is C15H14Cl2O. The molecule has 0 heterocycles. The Bertz CT molecular complexity index is 538. The molecule has 0 spiro atoms. The molecule has 2 rings (SSSR count). The van der Waals surface area contributed by atoms with Gasteiger partial charge in [0, 0.05) is 10.6 Å². The van der Waals surface area contributed by atoms with E-state index in [9.17, 15) is 0 Å². The van der Waals surface area contributed by atoms with E-state index in [0.29, 0.717) is 17.5 Å². The van der Waals surface area contributed by atoms with Crippen LogP contribution >= 0.6 is 23.2 Å². The maximum Gasteiger partial charge on any atom is 0.125 e. The van der Waals surface area contributed by atoms with E-state index in [-0.39, 0.29) is 0 Å². The highest BCUT2D eigenvalue weighted by Gasteiger charge is 2.07. The Hall–Kier alpha value is -1.18. The smallest absolute Gasteiger partial charge is 0.125 e. The maximum atomic E-state index is 6.07. The molecule has 0 aliphatic heterocycles. The van der Waals surface area contributed by atoms with E-state index >= 15 is 0 Å². The van der Waals surface area contributed by atoms with Crippen LogP contribution in [0.2, 0.25) is 5.02 Å². The first-order valence-electron chi connectivity index (χ1n) is 5.72. The number of rotatable bonds is 4. The fraction of sp³-hybridized carbons (Fsp3) is 0.200. The summed E-state index contributed by atoms with van der Waals surface area (Å²) >= 11 is 12.0. The molecule has 3 heteroatoms. The van der Waals surface area contributed by atoms with Crippen molar-refractivity contribution in [1.82, 2.24) is 0 Å². The number of benzene rings is 2. The van der Waals surface area contributed by atoms with Gasteiger partial charge in [0.2, 0.25) is 0 Å². The zero-order valence-corrected chi connectivity index (χ0v) is 11.6. The number of halogens is 2. The Morgan fingerprint density at radius 1 is 1.11 bits per heavy atom. The quantitative estimate of drug-likeness (QED) is 0.719. The third kappa shape index (κ3) is 3.18. The zero-order chi connectivity index (χ0) is 13.0. The predicted molar refractivity (Wildman–Crippen MR) is 76.5 cm³/mol. The Balaban J connectivity index is 2.13. The van der Waals surface area contributed by atoms with E-state index in [4.69, 9.17) is 27.9 Å². The number of aryl methyl sites for hydroxylation is 1. The van der Waals surface area contributed by atoms with Crippen LogP contribution in [0.3, 0.4) is 0 Å². The lowest BCUT2D eigenvalue weighted by Gasteiger charge is -2.11. The Kier molecular flexibility index (Phi) is 4.51. The van der Waals surface area contributed by atoms with Crippen LogP contribution in [0.15, 0.2) is 42.5 Å². The van der Waals surface area contributed by atoms with Gasteiger partial charge in [-0.15, -0.1) is 11.6 Å². The predicted octanol–water partition coefficient (Wildman–Crippen LogP) is 4.97. The third-order valence-electron chi connectivity index (χ3n) is 2.69. The largest absolute Gasteiger partial charge is 0.489 e. The van der Waals surface area contributed by atoms with Crippen LogP contribution in [0.25, 0.3) is 0 Å². The molecule has 0 fully saturated rings. The minimum atomic E-state index is 0.350. The molecule has 0 N–H and O–H groups in total. The van der Waals surface area contributed by atoms with Crippen molar-refractivity contribution in [2.75, 3.05) is 0 Å². The fourth-order valence-corrected chi connectivity index (χ4v) is 2.34. The monoisotopic (exact) mass is 280 g/mol. The van der Waals surface area contributed by atoms with Crippen molar-refractivity contribution in [2.45, 2.75) is 19.4 Å². The van der Waals surface area contributed by atoms with Gasteiger partial charge in [0.25, 0.3) is 0 Å². The topological polar surface area (TPSA) is 9.23 Å². The van der Waals surface area contributed by atoms with Gasteiger partial charge in [0.15, 0.2) is 0 Å². The lowest BCUT2D eigenvalue weighted by atomic mass is 10.1. The molecular weight excluding hydrogens is 267 g/mol. The van der Waals surface area contributed by atoms with E-state index in [1.54, 1.807) is 0 Å². The van der Waals surface area contributed by atoms with Crippen LogP contribution in [-0.2, 0) is 12.5 Å². The minimum absolute atomic E-state index is 0.350. The van der Waals surface area contributed by atoms with E-state index in [2.05, 4.69) is 19.1 Å². The van der Waals surface area contributed by atoms with Crippen LogP contribution in [0.4, 0.5) is 0 Å². The highest BCUT2D eigenvalue weighted by atomic mass is 35.5. The van der Waals surface area contributed by atoms with Crippen molar-refractivity contribution < 1.29 is 4.74 Å². The van der Waals surface area contributed by atoms with Crippen LogP contribution in [0, 0.1) is 6.92 Å². The first-order chi connectivity index (χ1) is 8.70. The van der Waals surface area contributed by atoms with Gasteiger partial charge in [-0.25, -0.2) is 0 Å². The Morgan fingerprint density at radius 2 is 1.89 bits per heavy atom. The van der Waals surface area contributed by atoms with Crippen LogP contribution in [0.5, 0.6) is 5.75 Å². The van der Waals surface area contributed by atoms with E-state index in [1.165, 1.54) is 5.56 Å². The first kappa shape index (κ1) is 13.3. The molecule has 94 valence electrons. The molecule has 0 atom stereocenters. The number of hydrogen-bond donors (Lipinski definition) is 0. The highest BCUT2D eigenvalue weighted by Crippen LogP contribution is 2.28. The molecule has 2 aromatic rings. The van der Waals surface area contributed by atoms with Gasteiger partial charge in [0.1, 0.15) is 12.4 Å². The van der Waals surface area contributed by atoms with E-state index < -0.39 is 0 Å². The summed E-state index contributed by atoms with van der Waals surface area (Å²) in [6.45, 7) is 2.58. The number of alkyl halides is 1. The van der Waals surface area contributed by atoms with Crippen molar-refractivity contribution in [3.05, 3.63) is 64.2 Å². The van der Waals surface area contributed by atoms with Gasteiger partial charge in [-0.3, -0.25) is 0 Å². The van der Waals surface area contributed by atoms with Crippen molar-refractivity contribution in [3.8, 4) is 5.75 Å². The van der Waals surface area contributed by atoms with Crippen LogP contribution in [-0.4, -0.2) is 0 Å². The van der Waals surface area contributed by atoms with Crippen LogP contribution in [0.1, 0.15) is 16.7 Å². The second-order valence-corrected chi connectivity index (χ2v) is 4.80. The summed E-state index contributed by atoms with van der Waals surface area (Å²) in [5, 5.41) is 0.645. The third-order valence-corrected chi connectivity index (χ3v) is 3.31. The van der Waals surface area contributed by atoms with Gasteiger partial charge < -0.3 is 4.74 Å². The van der Waals surface area contributed by atoms with Crippen molar-refractivity contribution >= 4 is 23.2 Å². The molecule has 0 bridgehead atoms. The van der Waals surface area contributed by atoms with Gasteiger partial charge in [-0.05, 0) is 24.6 Å². The number of hydrogen-bond acceptors (Lipinski definition) is 1. The lowest BCUT2D eigenvalue weighted by Crippen LogP contribution is -1.98. The second-order valence-electron chi connectivity index (χ2n) is 4.13. The normalized spacial score (nSPS) is 10.4. The number of ether oxygens (including phenoxy) is 1. The molecule has 2 aromatic carbocycles. The molecule has 0 amide bonds. The molecule has 18 heavy (non-hydrogen) atoms. The molecule has 0 saturated heterocycles. The Morgan fingerprint density at radius 3 is 2.61 bits per heavy atom. The molecule has 0 unspecified atom stereocenters. The van der Waals surface area contributed by atoms with Crippen molar-refractivity contribution in [2.24, 2.45) is 0 Å². The lowest BCUT2D eigenvalue weighted by molar-refractivity contribution is 0.304. The minimum Gasteiger partial charge on any atom is -0.489 e.